The van der Waals surface area contributed by atoms with Gasteiger partial charge in [0.25, 0.3) is 0 Å². The Bertz CT molecular complexity index is 1550. The van der Waals surface area contributed by atoms with Crippen LogP contribution in [0.15, 0.2) is 36.7 Å². The van der Waals surface area contributed by atoms with Gasteiger partial charge >= 0.3 is 8.60 Å². The quantitative estimate of drug-likeness (QED) is 0.0495. The van der Waals surface area contributed by atoms with Crippen molar-refractivity contribution in [2.24, 2.45) is 0 Å². The first-order valence-electron chi connectivity index (χ1n) is 19.4. The van der Waals surface area contributed by atoms with Crippen molar-refractivity contribution in [1.29, 1.82) is 10.5 Å². The molecular weight excluding hydrogens is 694 g/mol. The zero-order valence-electron chi connectivity index (χ0n) is 31.8. The molecule has 0 aliphatic carbocycles. The number of aryl methyl sites for hydroxylation is 1. The second-order valence-electron chi connectivity index (χ2n) is 13.9. The molecule has 0 radical (unpaired) electrons. The highest BCUT2D eigenvalue weighted by molar-refractivity contribution is 7.40. The third kappa shape index (κ3) is 16.8. The topological polar surface area (TPSA) is 161 Å². The Hall–Kier alpha value is -3.22. The zero-order valence-corrected chi connectivity index (χ0v) is 32.7. The first-order chi connectivity index (χ1) is 25.8. The van der Waals surface area contributed by atoms with E-state index in [4.69, 9.17) is 24.3 Å². The lowest BCUT2D eigenvalue weighted by atomic mass is 9.99. The fourth-order valence-corrected chi connectivity index (χ4v) is 7.07. The number of fused-ring (bicyclic) bond motifs is 1. The van der Waals surface area contributed by atoms with Crippen molar-refractivity contribution in [2.75, 3.05) is 26.1 Å². The highest BCUT2D eigenvalue weighted by atomic mass is 31.2. The van der Waals surface area contributed by atoms with E-state index >= 15 is 0 Å². The summed E-state index contributed by atoms with van der Waals surface area (Å²) in [7, 11) is -0.925. The van der Waals surface area contributed by atoms with Crippen LogP contribution in [0.4, 0.5) is 10.2 Å². The summed E-state index contributed by atoms with van der Waals surface area (Å²) in [4.78, 5) is 14.7. The maximum Gasteiger partial charge on any atom is 0.330 e. The molecule has 0 saturated carbocycles. The molecule has 3 rings (SSSR count). The minimum Gasteiger partial charge on any atom is -0.382 e. The number of halogens is 1. The van der Waals surface area contributed by atoms with Crippen LogP contribution in [-0.2, 0) is 31.5 Å². The predicted molar refractivity (Wildman–Crippen MR) is 206 cm³/mol. The van der Waals surface area contributed by atoms with Crippen molar-refractivity contribution in [2.45, 2.75) is 147 Å². The molecule has 292 valence electrons. The van der Waals surface area contributed by atoms with E-state index < -0.39 is 26.1 Å². The summed E-state index contributed by atoms with van der Waals surface area (Å²) >= 11 is 0. The molecule has 1 aromatic carbocycles. The second kappa shape index (κ2) is 25.7. The lowest BCUT2D eigenvalue weighted by molar-refractivity contribution is -0.0212. The molecule has 3 atom stereocenters. The van der Waals surface area contributed by atoms with Gasteiger partial charge in [0.2, 0.25) is 0 Å². The largest absolute Gasteiger partial charge is 0.382 e. The SMILES string of the molecule is CCCCCCCCCCCCCCCCCCC(COP(O)OCC(C#N)(CCc1ccc2c(N)ncnn12)OC)OCc1cc(F)cc(C#N)c1. The number of hydrogen-bond acceptors (Lipinski definition) is 10. The number of nitrogen functional groups attached to an aromatic ring is 1. The average molecular weight is 755 g/mol. The lowest BCUT2D eigenvalue weighted by Gasteiger charge is -2.26. The average Bonchev–Trinajstić information content (AvgIpc) is 3.59. The highest BCUT2D eigenvalue weighted by Gasteiger charge is 2.32. The van der Waals surface area contributed by atoms with E-state index in [2.05, 4.69) is 23.1 Å². The van der Waals surface area contributed by atoms with Gasteiger partial charge in [-0.15, -0.1) is 0 Å². The van der Waals surface area contributed by atoms with Crippen molar-refractivity contribution >= 4 is 19.9 Å². The van der Waals surface area contributed by atoms with E-state index in [9.17, 15) is 19.8 Å². The molecule has 3 unspecified atom stereocenters. The van der Waals surface area contributed by atoms with E-state index in [0.29, 0.717) is 29.7 Å². The standard InChI is InChI=1S/C40H60FN6O5P/c1-3-4-5-6-7-8-9-10-11-12-13-14-15-16-17-18-19-37(50-28-34-24-33(27-42)25-35(41)26-34)29-51-53(48)52-31-40(30-43,49-2)23-22-36-20-21-38-39(44)45-32-46-47(36)38/h20-21,24-26,32,37,48H,3-19,22-23,28-29,31H2,1-2H3,(H2,44,45,46). The minimum atomic E-state index is -2.35. The maximum atomic E-state index is 14.0. The molecule has 0 fully saturated rings. The Kier molecular flexibility index (Phi) is 21.5. The molecule has 0 spiro atoms. The second-order valence-corrected chi connectivity index (χ2v) is 14.9. The lowest BCUT2D eigenvalue weighted by Crippen LogP contribution is -2.35. The highest BCUT2D eigenvalue weighted by Crippen LogP contribution is 2.36. The van der Waals surface area contributed by atoms with Crippen LogP contribution in [0.2, 0.25) is 0 Å². The number of nitrogens with zero attached hydrogens (tertiary/aromatic N) is 5. The summed E-state index contributed by atoms with van der Waals surface area (Å²) in [6.07, 6.45) is 22.8. The molecule has 0 bridgehead atoms. The number of ether oxygens (including phenoxy) is 2. The monoisotopic (exact) mass is 754 g/mol. The van der Waals surface area contributed by atoms with Gasteiger partial charge in [-0.2, -0.15) is 15.6 Å². The molecule has 2 heterocycles. The summed E-state index contributed by atoms with van der Waals surface area (Å²) in [5, 5.41) is 23.5. The third-order valence-electron chi connectivity index (χ3n) is 9.67. The fraction of sp³-hybridized carbons (Fsp3) is 0.650. The van der Waals surface area contributed by atoms with Crippen LogP contribution in [0.3, 0.4) is 0 Å². The van der Waals surface area contributed by atoms with Crippen molar-refractivity contribution in [3.63, 3.8) is 0 Å². The van der Waals surface area contributed by atoms with Crippen molar-refractivity contribution < 1.29 is 27.8 Å². The summed E-state index contributed by atoms with van der Waals surface area (Å²) in [6, 6.07) is 12.0. The number of methoxy groups -OCH3 is 1. The third-order valence-corrected chi connectivity index (χ3v) is 10.4. The first-order valence-corrected chi connectivity index (χ1v) is 20.6. The van der Waals surface area contributed by atoms with Crippen LogP contribution in [0.1, 0.15) is 139 Å². The normalized spacial score (nSPS) is 13.8. The van der Waals surface area contributed by atoms with E-state index in [1.165, 1.54) is 109 Å². The van der Waals surface area contributed by atoms with Crippen LogP contribution in [0, 0.1) is 28.5 Å². The molecule has 2 aromatic heterocycles. The molecule has 3 N–H and O–H groups in total. The van der Waals surface area contributed by atoms with Gasteiger partial charge in [-0.3, -0.25) is 0 Å². The molecule has 11 nitrogen and oxygen atoms in total. The van der Waals surface area contributed by atoms with Gasteiger partial charge in [-0.1, -0.05) is 110 Å². The molecule has 0 amide bonds. The Labute approximate surface area is 317 Å². The van der Waals surface area contributed by atoms with Gasteiger partial charge in [0.15, 0.2) is 11.4 Å². The van der Waals surface area contributed by atoms with E-state index in [-0.39, 0.29) is 31.8 Å². The Balaban J connectivity index is 1.40. The van der Waals surface area contributed by atoms with Crippen molar-refractivity contribution in [1.82, 2.24) is 14.6 Å². The molecule has 0 saturated heterocycles. The van der Waals surface area contributed by atoms with Gasteiger partial charge in [0, 0.05) is 12.8 Å². The summed E-state index contributed by atoms with van der Waals surface area (Å²) in [5.74, 6) is -0.141. The molecule has 0 aliphatic rings. The predicted octanol–water partition coefficient (Wildman–Crippen LogP) is 9.65. The van der Waals surface area contributed by atoms with Crippen molar-refractivity contribution in [3.8, 4) is 12.1 Å². The molecule has 53 heavy (non-hydrogen) atoms. The Morgan fingerprint density at radius 2 is 1.57 bits per heavy atom. The van der Waals surface area contributed by atoms with Gasteiger partial charge in [0.05, 0.1) is 37.6 Å². The molecule has 0 aliphatic heterocycles. The number of hydrogen-bond donors (Lipinski definition) is 2. The maximum absolute atomic E-state index is 14.0. The van der Waals surface area contributed by atoms with Gasteiger partial charge in [-0.25, -0.2) is 13.9 Å². The number of anilines is 1. The van der Waals surface area contributed by atoms with Crippen LogP contribution < -0.4 is 5.73 Å². The number of nitriles is 2. The van der Waals surface area contributed by atoms with E-state index in [0.717, 1.165) is 25.0 Å². The Morgan fingerprint density at radius 3 is 2.17 bits per heavy atom. The Morgan fingerprint density at radius 1 is 0.925 bits per heavy atom. The van der Waals surface area contributed by atoms with Crippen LogP contribution in [0.5, 0.6) is 0 Å². The molecule has 3 aromatic rings. The number of nitrogens with two attached hydrogens (primary N) is 1. The summed E-state index contributed by atoms with van der Waals surface area (Å²) in [6.45, 7) is 2.19. The van der Waals surface area contributed by atoms with E-state index in [1.807, 2.05) is 18.2 Å². The first kappa shape index (κ1) is 44.2. The summed E-state index contributed by atoms with van der Waals surface area (Å²) in [5.41, 5.74) is 6.87. The van der Waals surface area contributed by atoms with Gasteiger partial charge < -0.3 is 29.1 Å². The van der Waals surface area contributed by atoms with Gasteiger partial charge in [-0.05, 0) is 55.2 Å². The number of unbranched alkanes of at least 4 members (excludes halogenated alkanes) is 15. The van der Waals surface area contributed by atoms with Crippen molar-refractivity contribution in [3.05, 3.63) is 59.3 Å². The van der Waals surface area contributed by atoms with Gasteiger partial charge in [0.1, 0.15) is 23.7 Å². The van der Waals surface area contributed by atoms with Crippen LogP contribution in [0.25, 0.3) is 5.52 Å². The summed E-state index contributed by atoms with van der Waals surface area (Å²) < 4.78 is 38.7. The fourth-order valence-electron chi connectivity index (χ4n) is 6.38. The number of rotatable bonds is 30. The van der Waals surface area contributed by atoms with Crippen LogP contribution in [-0.4, -0.2) is 51.5 Å². The van der Waals surface area contributed by atoms with E-state index in [1.54, 1.807) is 10.6 Å². The smallest absolute Gasteiger partial charge is 0.330 e. The number of aromatic nitrogens is 3. The number of benzene rings is 1. The van der Waals surface area contributed by atoms with Crippen LogP contribution >= 0.6 is 8.60 Å². The zero-order chi connectivity index (χ0) is 38.2. The molecule has 13 heteroatoms. The minimum absolute atomic E-state index is 0.0468. The molecular formula is C40H60FN6O5P.